The van der Waals surface area contributed by atoms with Crippen molar-refractivity contribution in [2.24, 2.45) is 0 Å². The molecule has 0 fully saturated rings. The maximum atomic E-state index is 5.27. The molecule has 0 aliphatic carbocycles. The van der Waals surface area contributed by atoms with Gasteiger partial charge >= 0.3 is 0 Å². The van der Waals surface area contributed by atoms with Crippen molar-refractivity contribution in [1.82, 2.24) is 23.9 Å². The number of hydrogen-bond donors (Lipinski definition) is 0. The normalized spacial score (nSPS) is 12.0. The summed E-state index contributed by atoms with van der Waals surface area (Å²) in [6.07, 6.45) is 0. The summed E-state index contributed by atoms with van der Waals surface area (Å²) in [5.41, 5.74) is 7.47. The summed E-state index contributed by atoms with van der Waals surface area (Å²) in [6, 6.07) is 57.8. The molecule has 0 radical (unpaired) electrons. The van der Waals surface area contributed by atoms with Gasteiger partial charge in [0, 0.05) is 32.7 Å². The van der Waals surface area contributed by atoms with Crippen LogP contribution in [-0.2, 0) is 0 Å². The van der Waals surface area contributed by atoms with E-state index in [0.29, 0.717) is 17.6 Å². The minimum atomic E-state index is 0.586. The largest absolute Gasteiger partial charge is 0.306 e. The highest BCUT2D eigenvalue weighted by Crippen LogP contribution is 2.45. The van der Waals surface area contributed by atoms with E-state index in [1.165, 1.54) is 43.2 Å². The molecule has 0 aliphatic heterocycles. The topological polar surface area (TPSA) is 48.0 Å². The van der Waals surface area contributed by atoms with Gasteiger partial charge in [0.05, 0.1) is 27.6 Å². The third-order valence-electron chi connectivity index (χ3n) is 10.1. The fourth-order valence-corrected chi connectivity index (χ4v) is 8.00. The van der Waals surface area contributed by atoms with E-state index in [1.54, 1.807) is 0 Å². The molecule has 4 heterocycles. The van der Waals surface area contributed by atoms with Gasteiger partial charge in [-0.2, -0.15) is 9.97 Å². The summed E-state index contributed by atoms with van der Waals surface area (Å²) in [5.74, 6) is 1.85. The van der Waals surface area contributed by atoms with Crippen LogP contribution in [0.25, 0.3) is 99.4 Å². The number of benzene rings is 7. The SMILES string of the molecule is c1ccc(-c2nc(-c3ccccc3)nc(-n3c4cccc5c6ccccc6c6ccccc6n6c7c8ccccc8ccc7c3c6c54)n2)cc1. The van der Waals surface area contributed by atoms with Crippen molar-refractivity contribution in [2.45, 2.75) is 0 Å². The molecular formula is C45H27N5. The zero-order valence-corrected chi connectivity index (χ0v) is 26.8. The molecule has 232 valence electrons. The molecule has 0 unspecified atom stereocenters. The first-order valence-electron chi connectivity index (χ1n) is 16.9. The standard InChI is InChI=1S/C45H27N5/c1-3-15-29(16-4-1)43-46-44(30-17-5-2-6-18-30)48-45(47-43)50-38-25-13-23-35-33-21-10-9-20-32(33)34-22-11-12-24-37(34)49-40-31-19-8-7-14-28(31)26-27-36(40)41(50)42(49)39(35)38/h1-27H. The molecular weight excluding hydrogens is 611 g/mol. The first-order chi connectivity index (χ1) is 24.8. The first kappa shape index (κ1) is 27.1. The van der Waals surface area contributed by atoms with Crippen LogP contribution in [-0.4, -0.2) is 23.9 Å². The molecule has 0 saturated heterocycles. The van der Waals surface area contributed by atoms with E-state index in [-0.39, 0.29) is 0 Å². The molecule has 11 aromatic rings. The maximum Gasteiger partial charge on any atom is 0.238 e. The van der Waals surface area contributed by atoms with Gasteiger partial charge in [-0.25, -0.2) is 4.98 Å². The van der Waals surface area contributed by atoms with Crippen LogP contribution in [0.3, 0.4) is 0 Å². The van der Waals surface area contributed by atoms with Crippen LogP contribution in [0.2, 0.25) is 0 Å². The summed E-state index contributed by atoms with van der Waals surface area (Å²) in [4.78, 5) is 15.6. The van der Waals surface area contributed by atoms with Crippen LogP contribution in [0.4, 0.5) is 0 Å². The number of para-hydroxylation sites is 1. The fraction of sp³-hybridized carbons (Fsp3) is 0. The van der Waals surface area contributed by atoms with Gasteiger partial charge in [-0.05, 0) is 33.7 Å². The molecule has 0 spiro atoms. The Kier molecular flexibility index (Phi) is 5.60. The van der Waals surface area contributed by atoms with Gasteiger partial charge in [0.25, 0.3) is 0 Å². The lowest BCUT2D eigenvalue weighted by Gasteiger charge is -2.12. The summed E-state index contributed by atoms with van der Waals surface area (Å²) < 4.78 is 4.77. The maximum absolute atomic E-state index is 5.27. The first-order valence-corrected chi connectivity index (χ1v) is 16.9. The average Bonchev–Trinajstić information content (AvgIpc) is 3.70. The van der Waals surface area contributed by atoms with Crippen molar-refractivity contribution in [3.63, 3.8) is 0 Å². The van der Waals surface area contributed by atoms with Crippen molar-refractivity contribution in [3.05, 3.63) is 164 Å². The molecule has 0 bridgehead atoms. The predicted octanol–water partition coefficient (Wildman–Crippen LogP) is 11.2. The number of hydrogen-bond acceptors (Lipinski definition) is 3. The Morgan fingerprint density at radius 3 is 1.62 bits per heavy atom. The van der Waals surface area contributed by atoms with Gasteiger partial charge in [0.15, 0.2) is 11.6 Å². The quantitative estimate of drug-likeness (QED) is 0.194. The van der Waals surface area contributed by atoms with Crippen molar-refractivity contribution >= 4 is 70.7 Å². The second kappa shape index (κ2) is 10.3. The molecule has 50 heavy (non-hydrogen) atoms. The molecule has 4 aromatic heterocycles. The van der Waals surface area contributed by atoms with Crippen LogP contribution >= 0.6 is 0 Å². The minimum absolute atomic E-state index is 0.586. The Labute approximate surface area is 286 Å². The van der Waals surface area contributed by atoms with Crippen molar-refractivity contribution in [2.75, 3.05) is 0 Å². The van der Waals surface area contributed by atoms with Crippen molar-refractivity contribution in [3.8, 4) is 28.7 Å². The second-order valence-electron chi connectivity index (χ2n) is 12.8. The summed E-state index contributed by atoms with van der Waals surface area (Å²) in [5, 5.41) is 9.52. The van der Waals surface area contributed by atoms with Gasteiger partial charge in [0.1, 0.15) is 0 Å². The summed E-state index contributed by atoms with van der Waals surface area (Å²) >= 11 is 0. The lowest BCUT2D eigenvalue weighted by molar-refractivity contribution is 0.955. The Bertz CT molecular complexity index is 3080. The number of aromatic nitrogens is 5. The second-order valence-corrected chi connectivity index (χ2v) is 12.8. The van der Waals surface area contributed by atoms with E-state index < -0.39 is 0 Å². The Hall–Kier alpha value is -6.85. The lowest BCUT2D eigenvalue weighted by atomic mass is 10.0. The molecule has 0 amide bonds. The Morgan fingerprint density at radius 1 is 0.340 bits per heavy atom. The smallest absolute Gasteiger partial charge is 0.238 e. The Balaban J connectivity index is 1.43. The van der Waals surface area contributed by atoms with Gasteiger partial charge in [-0.1, -0.05) is 152 Å². The van der Waals surface area contributed by atoms with Crippen molar-refractivity contribution in [1.29, 1.82) is 0 Å². The van der Waals surface area contributed by atoms with E-state index in [1.807, 2.05) is 36.4 Å². The van der Waals surface area contributed by atoms with Gasteiger partial charge in [-0.3, -0.25) is 4.57 Å². The van der Waals surface area contributed by atoms with Gasteiger partial charge in [-0.15, -0.1) is 0 Å². The van der Waals surface area contributed by atoms with Gasteiger partial charge in [0.2, 0.25) is 5.95 Å². The van der Waals surface area contributed by atoms with Crippen LogP contribution < -0.4 is 0 Å². The van der Waals surface area contributed by atoms with Crippen molar-refractivity contribution < 1.29 is 0 Å². The third kappa shape index (κ3) is 3.74. The van der Waals surface area contributed by atoms with Gasteiger partial charge < -0.3 is 4.40 Å². The molecule has 5 nitrogen and oxygen atoms in total. The molecule has 0 atom stereocenters. The number of nitrogens with zero attached hydrogens (tertiary/aromatic N) is 5. The predicted molar refractivity (Wildman–Crippen MR) is 206 cm³/mol. The zero-order chi connectivity index (χ0) is 32.8. The molecule has 11 rings (SSSR count). The third-order valence-corrected chi connectivity index (χ3v) is 10.1. The summed E-state index contributed by atoms with van der Waals surface area (Å²) in [6.45, 7) is 0. The number of rotatable bonds is 3. The highest BCUT2D eigenvalue weighted by atomic mass is 15.2. The van der Waals surface area contributed by atoms with Crippen LogP contribution in [0, 0.1) is 0 Å². The molecule has 5 heteroatoms. The van der Waals surface area contributed by atoms with E-state index in [4.69, 9.17) is 15.0 Å². The monoisotopic (exact) mass is 637 g/mol. The Morgan fingerprint density at radius 2 is 0.900 bits per heavy atom. The van der Waals surface area contributed by atoms with E-state index >= 15 is 0 Å². The molecule has 0 saturated carbocycles. The zero-order valence-electron chi connectivity index (χ0n) is 26.8. The fourth-order valence-electron chi connectivity index (χ4n) is 8.00. The van der Waals surface area contributed by atoms with Crippen LogP contribution in [0.5, 0.6) is 0 Å². The highest BCUT2D eigenvalue weighted by Gasteiger charge is 2.26. The van der Waals surface area contributed by atoms with Crippen LogP contribution in [0.15, 0.2) is 164 Å². The highest BCUT2D eigenvalue weighted by molar-refractivity contribution is 6.31. The van der Waals surface area contributed by atoms with E-state index in [0.717, 1.165) is 38.6 Å². The molecule has 0 aliphatic rings. The van der Waals surface area contributed by atoms with Crippen LogP contribution in [0.1, 0.15) is 0 Å². The number of fused-ring (bicyclic) bond motifs is 10. The average molecular weight is 638 g/mol. The van der Waals surface area contributed by atoms with E-state index in [9.17, 15) is 0 Å². The molecule has 7 aromatic carbocycles. The lowest BCUT2D eigenvalue weighted by Crippen LogP contribution is -2.06. The molecule has 0 N–H and O–H groups in total. The summed E-state index contributed by atoms with van der Waals surface area (Å²) in [7, 11) is 0. The van der Waals surface area contributed by atoms with E-state index in [2.05, 4.69) is 136 Å². The minimum Gasteiger partial charge on any atom is -0.306 e.